The Hall–Kier alpha value is -0.840. The first-order chi connectivity index (χ1) is 9.24. The molecule has 0 spiro atoms. The minimum atomic E-state index is 0. The molecule has 0 aliphatic carbocycles. The molecule has 0 saturated carbocycles. The van der Waals surface area contributed by atoms with Crippen LogP contribution in [0.25, 0.3) is 0 Å². The third kappa shape index (κ3) is 7.65. The highest BCUT2D eigenvalue weighted by atomic mass is 35.5. The molecule has 1 aliphatic rings. The number of amides is 1. The van der Waals surface area contributed by atoms with Crippen LogP contribution in [0, 0.1) is 12.8 Å². The number of hydrogen-bond acceptors (Lipinski definition) is 3. The second kappa shape index (κ2) is 10.8. The van der Waals surface area contributed by atoms with Crippen LogP contribution in [0.1, 0.15) is 30.5 Å². The zero-order chi connectivity index (χ0) is 13.5. The number of hydrogen-bond donors (Lipinski definition) is 2. The minimum absolute atomic E-state index is 0. The van der Waals surface area contributed by atoms with Gasteiger partial charge in [-0.25, -0.2) is 0 Å². The fourth-order valence-corrected chi connectivity index (χ4v) is 2.44. The van der Waals surface area contributed by atoms with Crippen LogP contribution in [-0.4, -0.2) is 30.5 Å². The predicted octanol–water partition coefficient (Wildman–Crippen LogP) is 2.28. The molecular formula is C15H25Cl2N3O. The molecule has 1 saturated heterocycles. The molecule has 0 aromatic carbocycles. The van der Waals surface area contributed by atoms with E-state index in [2.05, 4.69) is 15.6 Å². The van der Waals surface area contributed by atoms with Crippen LogP contribution in [0.2, 0.25) is 0 Å². The zero-order valence-corrected chi connectivity index (χ0v) is 14.1. The van der Waals surface area contributed by atoms with E-state index in [1.165, 1.54) is 12.8 Å². The van der Waals surface area contributed by atoms with Crippen molar-refractivity contribution in [2.45, 2.75) is 32.6 Å². The van der Waals surface area contributed by atoms with Gasteiger partial charge in [0, 0.05) is 18.4 Å². The molecule has 1 amide bonds. The van der Waals surface area contributed by atoms with Crippen LogP contribution < -0.4 is 10.6 Å². The lowest BCUT2D eigenvalue weighted by atomic mass is 9.96. The van der Waals surface area contributed by atoms with Gasteiger partial charge in [0.25, 0.3) is 0 Å². The van der Waals surface area contributed by atoms with E-state index in [0.29, 0.717) is 6.42 Å². The van der Waals surface area contributed by atoms with Crippen LogP contribution in [0.3, 0.4) is 0 Å². The lowest BCUT2D eigenvalue weighted by Gasteiger charge is -2.22. The number of piperidine rings is 1. The standard InChI is InChI=1S/C15H23N3O.2ClH/c1-12-4-5-14(11-18-12)9-15(19)17-8-6-13-3-2-7-16-10-13;;/h4-5,11,13,16H,2-3,6-10H2,1H3,(H,17,19);2*1H. The molecule has 1 aromatic rings. The highest BCUT2D eigenvalue weighted by molar-refractivity contribution is 5.85. The fraction of sp³-hybridized carbons (Fsp3) is 0.600. The molecule has 1 atom stereocenters. The molecule has 1 unspecified atom stereocenters. The van der Waals surface area contributed by atoms with Crippen molar-refractivity contribution < 1.29 is 4.79 Å². The van der Waals surface area contributed by atoms with E-state index in [1.54, 1.807) is 6.20 Å². The average molecular weight is 334 g/mol. The molecule has 21 heavy (non-hydrogen) atoms. The Morgan fingerprint density at radius 3 is 2.86 bits per heavy atom. The van der Waals surface area contributed by atoms with Crippen molar-refractivity contribution in [3.05, 3.63) is 29.6 Å². The van der Waals surface area contributed by atoms with Gasteiger partial charge in [0.15, 0.2) is 0 Å². The molecular weight excluding hydrogens is 309 g/mol. The van der Waals surface area contributed by atoms with Gasteiger partial charge in [-0.05, 0) is 56.8 Å². The Morgan fingerprint density at radius 1 is 1.43 bits per heavy atom. The number of rotatable bonds is 5. The summed E-state index contributed by atoms with van der Waals surface area (Å²) in [5.74, 6) is 0.810. The maximum absolute atomic E-state index is 11.8. The number of aryl methyl sites for hydroxylation is 1. The fourth-order valence-electron chi connectivity index (χ4n) is 2.44. The summed E-state index contributed by atoms with van der Waals surface area (Å²) < 4.78 is 0. The highest BCUT2D eigenvalue weighted by Gasteiger charge is 2.12. The first-order valence-electron chi connectivity index (χ1n) is 7.13. The molecule has 0 radical (unpaired) electrons. The van der Waals surface area contributed by atoms with E-state index in [1.807, 2.05) is 19.1 Å². The quantitative estimate of drug-likeness (QED) is 0.869. The second-order valence-corrected chi connectivity index (χ2v) is 5.34. The van der Waals surface area contributed by atoms with Gasteiger partial charge >= 0.3 is 0 Å². The Morgan fingerprint density at radius 2 is 2.24 bits per heavy atom. The van der Waals surface area contributed by atoms with Gasteiger partial charge < -0.3 is 10.6 Å². The Kier molecular flexibility index (Phi) is 10.4. The third-order valence-corrected chi connectivity index (χ3v) is 3.61. The van der Waals surface area contributed by atoms with Gasteiger partial charge in [0.2, 0.25) is 5.91 Å². The first-order valence-corrected chi connectivity index (χ1v) is 7.13. The summed E-state index contributed by atoms with van der Waals surface area (Å²) in [6, 6.07) is 3.91. The number of carbonyl (C=O) groups excluding carboxylic acids is 1. The molecule has 2 heterocycles. The van der Waals surface area contributed by atoms with Crippen molar-refractivity contribution in [3.63, 3.8) is 0 Å². The monoisotopic (exact) mass is 333 g/mol. The summed E-state index contributed by atoms with van der Waals surface area (Å²) in [4.78, 5) is 16.0. The summed E-state index contributed by atoms with van der Waals surface area (Å²) >= 11 is 0. The van der Waals surface area contributed by atoms with Gasteiger partial charge in [-0.2, -0.15) is 0 Å². The average Bonchev–Trinajstić information content (AvgIpc) is 2.43. The van der Waals surface area contributed by atoms with E-state index in [0.717, 1.165) is 43.2 Å². The van der Waals surface area contributed by atoms with Crippen molar-refractivity contribution >= 4 is 30.7 Å². The molecule has 120 valence electrons. The van der Waals surface area contributed by atoms with Gasteiger partial charge in [-0.15, -0.1) is 24.8 Å². The molecule has 4 nitrogen and oxygen atoms in total. The Labute approximate surface area is 139 Å². The first kappa shape index (κ1) is 20.2. The largest absolute Gasteiger partial charge is 0.356 e. The summed E-state index contributed by atoms with van der Waals surface area (Å²) in [5, 5.41) is 6.40. The number of aromatic nitrogens is 1. The smallest absolute Gasteiger partial charge is 0.224 e. The van der Waals surface area contributed by atoms with Crippen molar-refractivity contribution in [1.29, 1.82) is 0 Å². The normalized spacial score (nSPS) is 17.3. The van der Waals surface area contributed by atoms with Crippen LogP contribution in [-0.2, 0) is 11.2 Å². The number of pyridine rings is 1. The summed E-state index contributed by atoms with van der Waals surface area (Å²) in [6.45, 7) is 4.97. The van der Waals surface area contributed by atoms with Crippen molar-refractivity contribution in [2.75, 3.05) is 19.6 Å². The van der Waals surface area contributed by atoms with Crippen LogP contribution in [0.4, 0.5) is 0 Å². The molecule has 1 aliphatic heterocycles. The number of halogens is 2. The maximum atomic E-state index is 11.8. The lowest BCUT2D eigenvalue weighted by Crippen LogP contribution is -2.33. The van der Waals surface area contributed by atoms with E-state index >= 15 is 0 Å². The third-order valence-electron chi connectivity index (χ3n) is 3.61. The Balaban J connectivity index is 0.00000200. The van der Waals surface area contributed by atoms with Gasteiger partial charge in [0.1, 0.15) is 0 Å². The van der Waals surface area contributed by atoms with Crippen LogP contribution in [0.15, 0.2) is 18.3 Å². The summed E-state index contributed by atoms with van der Waals surface area (Å²) in [5.41, 5.74) is 1.95. The highest BCUT2D eigenvalue weighted by Crippen LogP contribution is 2.12. The molecule has 6 heteroatoms. The van der Waals surface area contributed by atoms with Gasteiger partial charge in [0.05, 0.1) is 6.42 Å². The minimum Gasteiger partial charge on any atom is -0.356 e. The van der Waals surface area contributed by atoms with Gasteiger partial charge in [-0.1, -0.05) is 6.07 Å². The summed E-state index contributed by atoms with van der Waals surface area (Å²) in [7, 11) is 0. The van der Waals surface area contributed by atoms with E-state index in [4.69, 9.17) is 0 Å². The summed E-state index contributed by atoms with van der Waals surface area (Å²) in [6.07, 6.45) is 5.82. The van der Waals surface area contributed by atoms with Crippen LogP contribution >= 0.6 is 24.8 Å². The second-order valence-electron chi connectivity index (χ2n) is 5.34. The SMILES string of the molecule is Cc1ccc(CC(=O)NCCC2CCCNC2)cn1.Cl.Cl. The van der Waals surface area contributed by atoms with Crippen molar-refractivity contribution in [1.82, 2.24) is 15.6 Å². The van der Waals surface area contributed by atoms with Gasteiger partial charge in [-0.3, -0.25) is 9.78 Å². The zero-order valence-electron chi connectivity index (χ0n) is 12.4. The predicted molar refractivity (Wildman–Crippen MR) is 90.4 cm³/mol. The lowest BCUT2D eigenvalue weighted by molar-refractivity contribution is -0.120. The molecule has 2 N–H and O–H groups in total. The van der Waals surface area contributed by atoms with Crippen LogP contribution in [0.5, 0.6) is 0 Å². The number of nitrogens with one attached hydrogen (secondary N) is 2. The van der Waals surface area contributed by atoms with E-state index in [9.17, 15) is 4.79 Å². The topological polar surface area (TPSA) is 54.0 Å². The number of nitrogens with zero attached hydrogens (tertiary/aromatic N) is 1. The van der Waals surface area contributed by atoms with E-state index in [-0.39, 0.29) is 30.7 Å². The molecule has 2 rings (SSSR count). The number of carbonyl (C=O) groups is 1. The Bertz CT molecular complexity index is 406. The molecule has 1 aromatic heterocycles. The molecule has 0 bridgehead atoms. The van der Waals surface area contributed by atoms with E-state index < -0.39 is 0 Å². The van der Waals surface area contributed by atoms with Crippen molar-refractivity contribution in [2.24, 2.45) is 5.92 Å². The van der Waals surface area contributed by atoms with Crippen molar-refractivity contribution in [3.8, 4) is 0 Å². The maximum Gasteiger partial charge on any atom is 0.224 e. The molecule has 1 fully saturated rings.